The van der Waals surface area contributed by atoms with Gasteiger partial charge in [-0.1, -0.05) is 41.9 Å². The minimum Gasteiger partial charge on any atom is -0.350 e. The van der Waals surface area contributed by atoms with Gasteiger partial charge in [-0.15, -0.1) is 11.3 Å². The van der Waals surface area contributed by atoms with E-state index in [1.165, 1.54) is 11.3 Å². The lowest BCUT2D eigenvalue weighted by molar-refractivity contribution is 0.0929. The fourth-order valence-electron chi connectivity index (χ4n) is 3.23. The lowest BCUT2D eigenvalue weighted by Crippen LogP contribution is -2.34. The summed E-state index contributed by atoms with van der Waals surface area (Å²) in [7, 11) is 0. The van der Waals surface area contributed by atoms with Gasteiger partial charge in [0.1, 0.15) is 4.83 Å². The molecule has 2 N–H and O–H groups in total. The Balaban J connectivity index is 1.37. The molecule has 0 aliphatic carbocycles. The van der Waals surface area contributed by atoms with Gasteiger partial charge >= 0.3 is 0 Å². The quantitative estimate of drug-likeness (QED) is 0.411. The molecule has 0 fully saturated rings. The van der Waals surface area contributed by atoms with E-state index < -0.39 is 0 Å². The topological polar surface area (TPSA) is 76.0 Å². The number of amides is 2. The maximum Gasteiger partial charge on any atom is 0.261 e. The summed E-state index contributed by atoms with van der Waals surface area (Å²) in [5, 5.41) is 11.9. The number of hydrogen-bond donors (Lipinski definition) is 2. The Labute approximate surface area is 188 Å². The molecule has 0 atom stereocenters. The van der Waals surface area contributed by atoms with Crippen molar-refractivity contribution in [1.82, 2.24) is 20.4 Å². The van der Waals surface area contributed by atoms with Gasteiger partial charge in [0.05, 0.1) is 17.1 Å². The molecule has 2 aromatic heterocycles. The van der Waals surface area contributed by atoms with Gasteiger partial charge < -0.3 is 10.6 Å². The number of halogens is 1. The van der Waals surface area contributed by atoms with Crippen molar-refractivity contribution in [3.05, 3.63) is 87.4 Å². The van der Waals surface area contributed by atoms with Gasteiger partial charge in [-0.2, -0.15) is 5.10 Å². The van der Waals surface area contributed by atoms with Crippen LogP contribution in [0.15, 0.2) is 60.7 Å². The van der Waals surface area contributed by atoms with Crippen molar-refractivity contribution in [1.29, 1.82) is 0 Å². The van der Waals surface area contributed by atoms with Crippen molar-refractivity contribution >= 4 is 45.0 Å². The number of aryl methyl sites for hydroxylation is 1. The molecule has 0 aliphatic rings. The van der Waals surface area contributed by atoms with Crippen LogP contribution in [-0.2, 0) is 6.54 Å². The van der Waals surface area contributed by atoms with Crippen LogP contribution in [0.5, 0.6) is 0 Å². The van der Waals surface area contributed by atoms with Crippen molar-refractivity contribution < 1.29 is 9.59 Å². The number of carbonyl (C=O) groups is 2. The Morgan fingerprint density at radius 2 is 1.68 bits per heavy atom. The molecular weight excluding hydrogens is 432 g/mol. The van der Waals surface area contributed by atoms with Crippen LogP contribution >= 0.6 is 22.9 Å². The molecule has 0 aliphatic heterocycles. The van der Waals surface area contributed by atoms with Gasteiger partial charge in [0.15, 0.2) is 0 Å². The number of nitrogens with one attached hydrogen (secondary N) is 2. The molecule has 0 bridgehead atoms. The average molecular weight is 453 g/mol. The summed E-state index contributed by atoms with van der Waals surface area (Å²) in [6.45, 7) is 3.25. The highest BCUT2D eigenvalue weighted by molar-refractivity contribution is 7.20. The van der Waals surface area contributed by atoms with Gasteiger partial charge in [-0.25, -0.2) is 0 Å². The van der Waals surface area contributed by atoms with E-state index in [0.717, 1.165) is 21.5 Å². The highest BCUT2D eigenvalue weighted by Gasteiger charge is 2.16. The maximum atomic E-state index is 12.6. The second kappa shape index (κ2) is 9.32. The van der Waals surface area contributed by atoms with E-state index >= 15 is 0 Å². The van der Waals surface area contributed by atoms with Gasteiger partial charge in [0.25, 0.3) is 11.8 Å². The second-order valence-corrected chi connectivity index (χ2v) is 8.54. The zero-order chi connectivity index (χ0) is 21.8. The molecule has 158 valence electrons. The van der Waals surface area contributed by atoms with Crippen molar-refractivity contribution in [2.45, 2.75) is 13.5 Å². The highest BCUT2D eigenvalue weighted by Crippen LogP contribution is 2.29. The zero-order valence-electron chi connectivity index (χ0n) is 16.9. The first-order valence-electron chi connectivity index (χ1n) is 9.84. The molecule has 0 spiro atoms. The van der Waals surface area contributed by atoms with Crippen molar-refractivity contribution in [3.8, 4) is 0 Å². The van der Waals surface area contributed by atoms with Crippen molar-refractivity contribution in [3.63, 3.8) is 0 Å². The number of rotatable bonds is 7. The Morgan fingerprint density at radius 1 is 1.00 bits per heavy atom. The highest BCUT2D eigenvalue weighted by atomic mass is 35.5. The van der Waals surface area contributed by atoms with Gasteiger partial charge in [0, 0.05) is 29.1 Å². The summed E-state index contributed by atoms with van der Waals surface area (Å²) in [4.78, 5) is 26.2. The molecule has 31 heavy (non-hydrogen) atoms. The SMILES string of the molecule is Cc1nn(Cc2ccc(Cl)cc2)c2sc(C(=O)NCCNC(=O)c3ccccc3)cc12. The summed E-state index contributed by atoms with van der Waals surface area (Å²) in [6.07, 6.45) is 0. The summed E-state index contributed by atoms with van der Waals surface area (Å²) < 4.78 is 1.91. The number of fused-ring (bicyclic) bond motifs is 1. The molecule has 2 aromatic carbocycles. The first-order valence-corrected chi connectivity index (χ1v) is 11.0. The molecule has 4 rings (SSSR count). The van der Waals surface area contributed by atoms with E-state index in [1.807, 2.05) is 60.1 Å². The summed E-state index contributed by atoms with van der Waals surface area (Å²) in [6, 6.07) is 18.5. The molecular formula is C23H21ClN4O2S. The van der Waals surface area contributed by atoms with E-state index in [2.05, 4.69) is 15.7 Å². The van der Waals surface area contributed by atoms with Crippen LogP contribution < -0.4 is 10.6 Å². The lowest BCUT2D eigenvalue weighted by Gasteiger charge is -2.06. The molecule has 0 unspecified atom stereocenters. The summed E-state index contributed by atoms with van der Waals surface area (Å²) in [5.41, 5.74) is 2.57. The number of nitrogens with zero attached hydrogens (tertiary/aromatic N) is 2. The van der Waals surface area contributed by atoms with Crippen LogP contribution in [0.2, 0.25) is 5.02 Å². The third kappa shape index (κ3) is 4.95. The maximum absolute atomic E-state index is 12.6. The number of hydrogen-bond acceptors (Lipinski definition) is 4. The van der Waals surface area contributed by atoms with Crippen LogP contribution in [-0.4, -0.2) is 34.7 Å². The minimum absolute atomic E-state index is 0.158. The molecule has 0 radical (unpaired) electrons. The normalized spacial score (nSPS) is 10.9. The number of thiophene rings is 1. The fourth-order valence-corrected chi connectivity index (χ4v) is 4.43. The molecule has 2 amide bonds. The number of benzene rings is 2. The first kappa shape index (κ1) is 21.1. The van der Waals surface area contributed by atoms with Crippen LogP contribution in [0.3, 0.4) is 0 Å². The molecule has 6 nitrogen and oxygen atoms in total. The van der Waals surface area contributed by atoms with Crippen LogP contribution in [0, 0.1) is 6.92 Å². The standard InChI is InChI=1S/C23H21ClN4O2S/c1-15-19-13-20(22(30)26-12-11-25-21(29)17-5-3-2-4-6-17)31-23(19)28(27-15)14-16-7-9-18(24)10-8-16/h2-10,13H,11-12,14H2,1H3,(H,25,29)(H,26,30). The average Bonchev–Trinajstić information content (AvgIpc) is 3.34. The molecule has 8 heteroatoms. The fraction of sp³-hybridized carbons (Fsp3) is 0.174. The van der Waals surface area contributed by atoms with E-state index in [1.54, 1.807) is 12.1 Å². The first-order chi connectivity index (χ1) is 15.0. The Morgan fingerprint density at radius 3 is 2.39 bits per heavy atom. The Hall–Kier alpha value is -3.16. The Kier molecular flexibility index (Phi) is 6.34. The van der Waals surface area contributed by atoms with Crippen molar-refractivity contribution in [2.75, 3.05) is 13.1 Å². The molecule has 0 saturated heterocycles. The predicted molar refractivity (Wildman–Crippen MR) is 124 cm³/mol. The monoisotopic (exact) mass is 452 g/mol. The number of carbonyl (C=O) groups excluding carboxylic acids is 2. The van der Waals surface area contributed by atoms with Gasteiger partial charge in [-0.05, 0) is 42.8 Å². The molecule has 0 saturated carbocycles. The largest absolute Gasteiger partial charge is 0.350 e. The molecule has 4 aromatic rings. The molecule has 2 heterocycles. The van der Waals surface area contributed by atoms with Gasteiger partial charge in [0.2, 0.25) is 0 Å². The van der Waals surface area contributed by atoms with Crippen molar-refractivity contribution in [2.24, 2.45) is 0 Å². The summed E-state index contributed by atoms with van der Waals surface area (Å²) in [5.74, 6) is -0.317. The zero-order valence-corrected chi connectivity index (χ0v) is 18.5. The van der Waals surface area contributed by atoms with E-state index in [0.29, 0.717) is 35.1 Å². The second-order valence-electron chi connectivity index (χ2n) is 7.08. The third-order valence-electron chi connectivity index (χ3n) is 4.81. The van der Waals surface area contributed by atoms with Gasteiger partial charge in [-0.3, -0.25) is 14.3 Å². The minimum atomic E-state index is -0.160. The third-order valence-corrected chi connectivity index (χ3v) is 6.21. The predicted octanol–water partition coefficient (Wildman–Crippen LogP) is 4.27. The van der Waals surface area contributed by atoms with E-state index in [4.69, 9.17) is 11.6 Å². The smallest absolute Gasteiger partial charge is 0.261 e. The van der Waals surface area contributed by atoms with Crippen LogP contribution in [0.1, 0.15) is 31.3 Å². The van der Waals surface area contributed by atoms with E-state index in [9.17, 15) is 9.59 Å². The van der Waals surface area contributed by atoms with Crippen LogP contribution in [0.4, 0.5) is 0 Å². The van der Waals surface area contributed by atoms with Crippen LogP contribution in [0.25, 0.3) is 10.2 Å². The lowest BCUT2D eigenvalue weighted by atomic mass is 10.2. The van der Waals surface area contributed by atoms with E-state index in [-0.39, 0.29) is 11.8 Å². The summed E-state index contributed by atoms with van der Waals surface area (Å²) >= 11 is 7.38. The Bertz CT molecular complexity index is 1220. The number of aromatic nitrogens is 2.